The maximum Gasteiger partial charge on any atom is 0.240 e. The fourth-order valence-corrected chi connectivity index (χ4v) is 2.72. The minimum Gasteiger partial charge on any atom is -0.338 e. The standard InChI is InChI=1S/C14H26N4O/c1-5-10(3)13-8-18(12(6-2)7-15-13)9-14-16-11(4)17-19-14/h10,12-13,15H,5-9H2,1-4H3. The second-order valence-corrected chi connectivity index (χ2v) is 5.63. The van der Waals surface area contributed by atoms with Gasteiger partial charge in [-0.05, 0) is 19.3 Å². The number of aryl methyl sites for hydroxylation is 1. The Morgan fingerprint density at radius 3 is 2.84 bits per heavy atom. The van der Waals surface area contributed by atoms with Crippen molar-refractivity contribution >= 4 is 0 Å². The monoisotopic (exact) mass is 266 g/mol. The summed E-state index contributed by atoms with van der Waals surface area (Å²) in [6.45, 7) is 11.6. The summed E-state index contributed by atoms with van der Waals surface area (Å²) in [6, 6.07) is 1.13. The van der Waals surface area contributed by atoms with Crippen molar-refractivity contribution < 1.29 is 4.52 Å². The Labute approximate surface area is 115 Å². The second-order valence-electron chi connectivity index (χ2n) is 5.63. The van der Waals surface area contributed by atoms with Crippen LogP contribution in [-0.2, 0) is 6.54 Å². The van der Waals surface area contributed by atoms with E-state index in [2.05, 4.69) is 41.1 Å². The minimum atomic E-state index is 0.563. The Morgan fingerprint density at radius 1 is 1.47 bits per heavy atom. The van der Waals surface area contributed by atoms with Crippen molar-refractivity contribution in [3.05, 3.63) is 11.7 Å². The first-order valence-electron chi connectivity index (χ1n) is 7.40. The van der Waals surface area contributed by atoms with Gasteiger partial charge in [0.15, 0.2) is 5.82 Å². The predicted octanol–water partition coefficient (Wildman–Crippen LogP) is 1.98. The van der Waals surface area contributed by atoms with E-state index in [1.165, 1.54) is 6.42 Å². The molecule has 3 atom stereocenters. The molecule has 1 saturated heterocycles. The average molecular weight is 266 g/mol. The van der Waals surface area contributed by atoms with Gasteiger partial charge in [0.2, 0.25) is 5.89 Å². The van der Waals surface area contributed by atoms with Gasteiger partial charge in [-0.3, -0.25) is 4.90 Å². The molecule has 2 heterocycles. The van der Waals surface area contributed by atoms with E-state index < -0.39 is 0 Å². The van der Waals surface area contributed by atoms with Crippen LogP contribution in [-0.4, -0.2) is 40.2 Å². The van der Waals surface area contributed by atoms with E-state index in [0.29, 0.717) is 18.0 Å². The van der Waals surface area contributed by atoms with Gasteiger partial charge in [0, 0.05) is 25.2 Å². The largest absolute Gasteiger partial charge is 0.338 e. The molecule has 19 heavy (non-hydrogen) atoms. The van der Waals surface area contributed by atoms with Crippen molar-refractivity contribution in [2.24, 2.45) is 5.92 Å². The first-order valence-corrected chi connectivity index (χ1v) is 7.40. The highest BCUT2D eigenvalue weighted by Gasteiger charge is 2.30. The van der Waals surface area contributed by atoms with E-state index in [-0.39, 0.29) is 0 Å². The summed E-state index contributed by atoms with van der Waals surface area (Å²) < 4.78 is 5.26. The molecule has 3 unspecified atom stereocenters. The zero-order chi connectivity index (χ0) is 13.8. The van der Waals surface area contributed by atoms with Crippen LogP contribution in [0.25, 0.3) is 0 Å². The Bertz CT molecular complexity index is 393. The van der Waals surface area contributed by atoms with Crippen LogP contribution in [0.4, 0.5) is 0 Å². The molecule has 1 aliphatic rings. The molecule has 5 nitrogen and oxygen atoms in total. The molecule has 0 amide bonds. The Morgan fingerprint density at radius 2 is 2.26 bits per heavy atom. The molecule has 0 aliphatic carbocycles. The van der Waals surface area contributed by atoms with E-state index in [1.54, 1.807) is 0 Å². The molecule has 1 N–H and O–H groups in total. The fourth-order valence-electron chi connectivity index (χ4n) is 2.72. The van der Waals surface area contributed by atoms with E-state index in [9.17, 15) is 0 Å². The quantitative estimate of drug-likeness (QED) is 0.883. The fraction of sp³-hybridized carbons (Fsp3) is 0.857. The highest BCUT2D eigenvalue weighted by atomic mass is 16.5. The number of rotatable bonds is 5. The third kappa shape index (κ3) is 3.54. The highest BCUT2D eigenvalue weighted by Crippen LogP contribution is 2.19. The topological polar surface area (TPSA) is 54.2 Å². The van der Waals surface area contributed by atoms with Crippen molar-refractivity contribution in [3.8, 4) is 0 Å². The molecule has 1 aromatic rings. The van der Waals surface area contributed by atoms with Crippen LogP contribution in [0.2, 0.25) is 0 Å². The smallest absolute Gasteiger partial charge is 0.240 e. The lowest BCUT2D eigenvalue weighted by atomic mass is 9.95. The Kier molecular flexibility index (Phi) is 4.93. The van der Waals surface area contributed by atoms with Crippen LogP contribution in [0.3, 0.4) is 0 Å². The maximum atomic E-state index is 5.26. The number of nitrogens with one attached hydrogen (secondary N) is 1. The normalized spacial score (nSPS) is 26.5. The average Bonchev–Trinajstić information content (AvgIpc) is 2.83. The van der Waals surface area contributed by atoms with Crippen LogP contribution in [0.15, 0.2) is 4.52 Å². The summed E-state index contributed by atoms with van der Waals surface area (Å²) in [5.41, 5.74) is 0. The van der Waals surface area contributed by atoms with E-state index in [4.69, 9.17) is 4.52 Å². The molecule has 5 heteroatoms. The molecular formula is C14H26N4O. The molecule has 0 saturated carbocycles. The van der Waals surface area contributed by atoms with Crippen molar-refractivity contribution in [1.29, 1.82) is 0 Å². The lowest BCUT2D eigenvalue weighted by Crippen LogP contribution is -2.57. The van der Waals surface area contributed by atoms with Crippen molar-refractivity contribution in [2.75, 3.05) is 13.1 Å². The van der Waals surface area contributed by atoms with Crippen molar-refractivity contribution in [2.45, 2.75) is 59.2 Å². The summed E-state index contributed by atoms with van der Waals surface area (Å²) in [4.78, 5) is 6.81. The lowest BCUT2D eigenvalue weighted by Gasteiger charge is -2.41. The van der Waals surface area contributed by atoms with Crippen LogP contribution in [0.5, 0.6) is 0 Å². The molecule has 0 aromatic carbocycles. The number of hydrogen-bond acceptors (Lipinski definition) is 5. The van der Waals surface area contributed by atoms with Gasteiger partial charge in [0.05, 0.1) is 6.54 Å². The summed E-state index contributed by atoms with van der Waals surface area (Å²) in [7, 11) is 0. The second kappa shape index (κ2) is 6.48. The van der Waals surface area contributed by atoms with Gasteiger partial charge in [-0.15, -0.1) is 0 Å². The maximum absolute atomic E-state index is 5.26. The van der Waals surface area contributed by atoms with Crippen LogP contribution >= 0.6 is 0 Å². The molecule has 0 spiro atoms. The van der Waals surface area contributed by atoms with E-state index in [1.807, 2.05) is 6.92 Å². The highest BCUT2D eigenvalue weighted by molar-refractivity contribution is 4.91. The third-order valence-electron chi connectivity index (χ3n) is 4.27. The zero-order valence-corrected chi connectivity index (χ0v) is 12.5. The van der Waals surface area contributed by atoms with Crippen molar-refractivity contribution in [1.82, 2.24) is 20.4 Å². The molecule has 108 valence electrons. The molecular weight excluding hydrogens is 240 g/mol. The Balaban J connectivity index is 2.01. The first kappa shape index (κ1) is 14.5. The molecule has 0 radical (unpaired) electrons. The predicted molar refractivity (Wildman–Crippen MR) is 74.8 cm³/mol. The molecule has 1 aromatic heterocycles. The number of hydrogen-bond donors (Lipinski definition) is 1. The van der Waals surface area contributed by atoms with Gasteiger partial charge in [-0.1, -0.05) is 32.3 Å². The van der Waals surface area contributed by atoms with Gasteiger partial charge in [0.25, 0.3) is 0 Å². The molecule has 2 rings (SSSR count). The third-order valence-corrected chi connectivity index (χ3v) is 4.27. The summed E-state index contributed by atoms with van der Waals surface area (Å²) in [5, 5.41) is 7.56. The van der Waals surface area contributed by atoms with Gasteiger partial charge in [-0.25, -0.2) is 0 Å². The van der Waals surface area contributed by atoms with Gasteiger partial charge in [0.1, 0.15) is 0 Å². The summed E-state index contributed by atoms with van der Waals surface area (Å²) in [5.74, 6) is 2.15. The summed E-state index contributed by atoms with van der Waals surface area (Å²) >= 11 is 0. The lowest BCUT2D eigenvalue weighted by molar-refractivity contribution is 0.0882. The van der Waals surface area contributed by atoms with Crippen molar-refractivity contribution in [3.63, 3.8) is 0 Å². The van der Waals surface area contributed by atoms with E-state index in [0.717, 1.165) is 37.8 Å². The SMILES string of the molecule is CCC(C)C1CN(Cc2nc(C)no2)C(CC)CN1. The Hall–Kier alpha value is -0.940. The molecule has 0 bridgehead atoms. The number of piperazine rings is 1. The first-order chi connectivity index (χ1) is 9.13. The van der Waals surface area contributed by atoms with Gasteiger partial charge in [-0.2, -0.15) is 4.98 Å². The van der Waals surface area contributed by atoms with Gasteiger partial charge < -0.3 is 9.84 Å². The zero-order valence-electron chi connectivity index (χ0n) is 12.5. The van der Waals surface area contributed by atoms with Gasteiger partial charge >= 0.3 is 0 Å². The van der Waals surface area contributed by atoms with Crippen LogP contribution < -0.4 is 5.32 Å². The minimum absolute atomic E-state index is 0.563. The summed E-state index contributed by atoms with van der Waals surface area (Å²) in [6.07, 6.45) is 2.36. The van der Waals surface area contributed by atoms with Crippen LogP contribution in [0.1, 0.15) is 45.3 Å². The number of aromatic nitrogens is 2. The van der Waals surface area contributed by atoms with E-state index >= 15 is 0 Å². The number of nitrogens with zero attached hydrogens (tertiary/aromatic N) is 3. The van der Waals surface area contributed by atoms with Crippen LogP contribution in [0, 0.1) is 12.8 Å². The molecule has 1 fully saturated rings. The molecule has 1 aliphatic heterocycles.